The van der Waals surface area contributed by atoms with Crippen molar-refractivity contribution >= 4 is 29.6 Å². The van der Waals surface area contributed by atoms with E-state index in [9.17, 15) is 18.8 Å². The van der Waals surface area contributed by atoms with Gasteiger partial charge in [-0.1, -0.05) is 36.4 Å². The second-order valence-corrected chi connectivity index (χ2v) is 7.53. The Hall–Kier alpha value is -4.46. The lowest BCUT2D eigenvalue weighted by atomic mass is 10.0. The van der Waals surface area contributed by atoms with Crippen LogP contribution in [0.25, 0.3) is 6.08 Å². The summed E-state index contributed by atoms with van der Waals surface area (Å²) in [6.45, 7) is 1.68. The number of imide groups is 2. The van der Waals surface area contributed by atoms with Crippen LogP contribution in [0.4, 0.5) is 14.9 Å². The summed E-state index contributed by atoms with van der Waals surface area (Å²) in [5.41, 5.74) is 1.54. The van der Waals surface area contributed by atoms with Gasteiger partial charge in [-0.15, -0.1) is 0 Å². The first-order valence-electron chi connectivity index (χ1n) is 10.4. The van der Waals surface area contributed by atoms with Crippen LogP contribution in [0.5, 0.6) is 11.5 Å². The molecule has 0 bridgehead atoms. The minimum atomic E-state index is -0.827. The Morgan fingerprint density at radius 2 is 1.74 bits per heavy atom. The normalized spacial score (nSPS) is 14.9. The molecule has 172 valence electrons. The van der Waals surface area contributed by atoms with Crippen LogP contribution in [0.2, 0.25) is 0 Å². The number of halogens is 1. The molecule has 0 spiro atoms. The zero-order valence-corrected chi connectivity index (χ0v) is 18.5. The summed E-state index contributed by atoms with van der Waals surface area (Å²) in [6, 6.07) is 17.0. The van der Waals surface area contributed by atoms with Crippen LogP contribution in [-0.2, 0) is 16.2 Å². The number of carbonyl (C=O) groups is 3. The van der Waals surface area contributed by atoms with Gasteiger partial charge in [-0.3, -0.25) is 14.9 Å². The van der Waals surface area contributed by atoms with Gasteiger partial charge in [-0.2, -0.15) is 0 Å². The number of benzene rings is 3. The van der Waals surface area contributed by atoms with Gasteiger partial charge in [0.15, 0.2) is 0 Å². The fourth-order valence-electron chi connectivity index (χ4n) is 3.50. The number of aryl methyl sites for hydroxylation is 1. The van der Waals surface area contributed by atoms with Crippen LogP contribution < -0.4 is 19.7 Å². The van der Waals surface area contributed by atoms with E-state index in [4.69, 9.17) is 9.47 Å². The van der Waals surface area contributed by atoms with Crippen molar-refractivity contribution in [3.63, 3.8) is 0 Å². The van der Waals surface area contributed by atoms with E-state index >= 15 is 0 Å². The van der Waals surface area contributed by atoms with E-state index in [1.165, 1.54) is 19.3 Å². The van der Waals surface area contributed by atoms with Crippen molar-refractivity contribution in [2.45, 2.75) is 13.5 Å². The SMILES string of the molecule is COc1ccc(/C=C2\C(=O)NC(=O)N(c3ccccc3C)C2=O)c(OCc2ccccc2F)c1. The van der Waals surface area contributed by atoms with Crippen LogP contribution in [0.3, 0.4) is 0 Å². The molecule has 1 heterocycles. The monoisotopic (exact) mass is 460 g/mol. The van der Waals surface area contributed by atoms with Gasteiger partial charge >= 0.3 is 6.03 Å². The smallest absolute Gasteiger partial charge is 0.335 e. The summed E-state index contributed by atoms with van der Waals surface area (Å²) in [4.78, 5) is 39.2. The third-order valence-electron chi connectivity index (χ3n) is 5.32. The number of nitrogens with zero attached hydrogens (tertiary/aromatic N) is 1. The number of hydrogen-bond acceptors (Lipinski definition) is 5. The highest BCUT2D eigenvalue weighted by atomic mass is 19.1. The number of para-hydroxylation sites is 1. The second-order valence-electron chi connectivity index (χ2n) is 7.53. The lowest BCUT2D eigenvalue weighted by molar-refractivity contribution is -0.122. The molecule has 8 heteroatoms. The Morgan fingerprint density at radius 3 is 2.47 bits per heavy atom. The number of carbonyl (C=O) groups excluding carboxylic acids is 3. The highest BCUT2D eigenvalue weighted by molar-refractivity contribution is 6.39. The highest BCUT2D eigenvalue weighted by Crippen LogP contribution is 2.30. The standard InChI is InChI=1S/C26H21FN2O5/c1-16-7-3-6-10-22(16)29-25(31)20(24(30)28-26(29)32)13-17-11-12-19(33-2)14-23(17)34-15-18-8-4-5-9-21(18)27/h3-14H,15H2,1-2H3,(H,28,30,32)/b20-13+. The first-order chi connectivity index (χ1) is 16.4. The Kier molecular flexibility index (Phi) is 6.40. The number of hydrogen-bond donors (Lipinski definition) is 1. The number of methoxy groups -OCH3 is 1. The lowest BCUT2D eigenvalue weighted by Crippen LogP contribution is -2.54. The third kappa shape index (κ3) is 4.52. The van der Waals surface area contributed by atoms with E-state index in [1.54, 1.807) is 67.6 Å². The summed E-state index contributed by atoms with van der Waals surface area (Å²) in [5.74, 6) is -1.26. The van der Waals surface area contributed by atoms with Crippen LogP contribution >= 0.6 is 0 Å². The molecule has 1 saturated heterocycles. The van der Waals surface area contributed by atoms with Crippen LogP contribution in [0.1, 0.15) is 16.7 Å². The summed E-state index contributed by atoms with van der Waals surface area (Å²) < 4.78 is 25.1. The summed E-state index contributed by atoms with van der Waals surface area (Å²) in [7, 11) is 1.48. The second kappa shape index (κ2) is 9.58. The Labute approximate surface area is 195 Å². The molecule has 0 unspecified atom stereocenters. The molecule has 0 radical (unpaired) electrons. The fraction of sp³-hybridized carbons (Fsp3) is 0.115. The van der Waals surface area contributed by atoms with Gasteiger partial charge in [0.1, 0.15) is 29.5 Å². The number of amides is 4. The molecule has 7 nitrogen and oxygen atoms in total. The number of nitrogens with one attached hydrogen (secondary N) is 1. The van der Waals surface area contributed by atoms with E-state index in [2.05, 4.69) is 5.32 Å². The van der Waals surface area contributed by atoms with E-state index in [1.807, 2.05) is 0 Å². The van der Waals surface area contributed by atoms with E-state index < -0.39 is 23.7 Å². The predicted molar refractivity (Wildman–Crippen MR) is 124 cm³/mol. The fourth-order valence-corrected chi connectivity index (χ4v) is 3.50. The Balaban J connectivity index is 1.71. The average molecular weight is 460 g/mol. The van der Waals surface area contributed by atoms with Crippen molar-refractivity contribution in [1.82, 2.24) is 5.32 Å². The van der Waals surface area contributed by atoms with Crippen LogP contribution in [0.15, 0.2) is 72.3 Å². The number of barbiturate groups is 1. The van der Waals surface area contributed by atoms with Crippen molar-refractivity contribution in [2.24, 2.45) is 0 Å². The predicted octanol–water partition coefficient (Wildman–Crippen LogP) is 4.39. The third-order valence-corrected chi connectivity index (χ3v) is 5.32. The summed E-state index contributed by atoms with van der Waals surface area (Å²) in [5, 5.41) is 2.21. The molecular formula is C26H21FN2O5. The molecule has 3 aromatic rings. The Bertz CT molecular complexity index is 1320. The van der Waals surface area contributed by atoms with Gasteiger partial charge in [-0.05, 0) is 42.8 Å². The van der Waals surface area contributed by atoms with Gasteiger partial charge in [0.25, 0.3) is 11.8 Å². The quantitative estimate of drug-likeness (QED) is 0.436. The highest BCUT2D eigenvalue weighted by Gasteiger charge is 2.37. The first-order valence-corrected chi connectivity index (χ1v) is 10.4. The largest absolute Gasteiger partial charge is 0.497 e. The van der Waals surface area contributed by atoms with E-state index in [-0.39, 0.29) is 17.9 Å². The maximum absolute atomic E-state index is 14.0. The molecule has 0 aromatic heterocycles. The van der Waals surface area contributed by atoms with Gasteiger partial charge in [0.2, 0.25) is 0 Å². The van der Waals surface area contributed by atoms with Crippen molar-refractivity contribution in [1.29, 1.82) is 0 Å². The van der Waals surface area contributed by atoms with Gasteiger partial charge in [0.05, 0.1) is 12.8 Å². The number of ether oxygens (including phenoxy) is 2. The van der Waals surface area contributed by atoms with Crippen molar-refractivity contribution in [3.05, 3.63) is 94.8 Å². The molecule has 34 heavy (non-hydrogen) atoms. The zero-order chi connectivity index (χ0) is 24.2. The van der Waals surface area contributed by atoms with Crippen molar-refractivity contribution in [2.75, 3.05) is 12.0 Å². The molecule has 1 aliphatic heterocycles. The van der Waals surface area contributed by atoms with Crippen LogP contribution in [0, 0.1) is 12.7 Å². The average Bonchev–Trinajstić information content (AvgIpc) is 2.82. The van der Waals surface area contributed by atoms with Crippen LogP contribution in [-0.4, -0.2) is 25.0 Å². The molecule has 0 atom stereocenters. The van der Waals surface area contributed by atoms with Gasteiger partial charge < -0.3 is 9.47 Å². The molecule has 3 aromatic carbocycles. The molecule has 1 fully saturated rings. The summed E-state index contributed by atoms with van der Waals surface area (Å²) >= 11 is 0. The number of urea groups is 1. The molecule has 4 amide bonds. The maximum Gasteiger partial charge on any atom is 0.335 e. The lowest BCUT2D eigenvalue weighted by Gasteiger charge is -2.27. The van der Waals surface area contributed by atoms with Crippen molar-refractivity contribution < 1.29 is 28.2 Å². The molecule has 0 aliphatic carbocycles. The Morgan fingerprint density at radius 1 is 1.00 bits per heavy atom. The van der Waals surface area contributed by atoms with E-state index in [0.717, 1.165) is 4.90 Å². The zero-order valence-electron chi connectivity index (χ0n) is 18.5. The topological polar surface area (TPSA) is 84.9 Å². The molecule has 4 rings (SSSR count). The minimum Gasteiger partial charge on any atom is -0.497 e. The first kappa shape index (κ1) is 22.7. The molecule has 1 aliphatic rings. The molecule has 0 saturated carbocycles. The molecule has 1 N–H and O–H groups in total. The van der Waals surface area contributed by atoms with Gasteiger partial charge in [-0.25, -0.2) is 14.1 Å². The molecular weight excluding hydrogens is 439 g/mol. The van der Waals surface area contributed by atoms with Gasteiger partial charge in [0, 0.05) is 17.2 Å². The van der Waals surface area contributed by atoms with Crippen molar-refractivity contribution in [3.8, 4) is 11.5 Å². The maximum atomic E-state index is 14.0. The van der Waals surface area contributed by atoms with E-state index in [0.29, 0.717) is 28.1 Å². The number of anilines is 1. The summed E-state index contributed by atoms with van der Waals surface area (Å²) in [6.07, 6.45) is 1.34. The minimum absolute atomic E-state index is 0.0794. The number of rotatable bonds is 6.